The summed E-state index contributed by atoms with van der Waals surface area (Å²) in [6.45, 7) is 0. The maximum Gasteiger partial charge on any atom is 0.421 e. The predicted molar refractivity (Wildman–Crippen MR) is 116 cm³/mol. The van der Waals surface area contributed by atoms with Crippen LogP contribution in [0.3, 0.4) is 0 Å². The lowest BCUT2D eigenvalue weighted by atomic mass is 9.99. The fraction of sp³-hybridized carbons (Fsp3) is 0.364. The fourth-order valence-electron chi connectivity index (χ4n) is 1.80. The lowest BCUT2D eigenvalue weighted by Gasteiger charge is -2.37. The summed E-state index contributed by atoms with van der Waals surface area (Å²) in [5.74, 6) is -4.59. The first-order chi connectivity index (χ1) is 11.8. The van der Waals surface area contributed by atoms with Gasteiger partial charge in [0, 0.05) is 14.3 Å². The number of carbonyl (C=O) groups is 1. The Morgan fingerprint density at radius 1 is 0.963 bits per heavy atom. The third-order valence-corrected chi connectivity index (χ3v) is 9.84. The molecule has 27 heavy (non-hydrogen) atoms. The first kappa shape index (κ1) is 26.1. The Hall–Kier alpha value is 1.10. The molecule has 0 aliphatic rings. The smallest absolute Gasteiger partial charge is 0.329 e. The molecular formula is C11H5F6I4NO4S. The number of benzene rings is 1. The second kappa shape index (κ2) is 8.69. The molecular weight excluding hydrogens is 864 g/mol. The molecule has 0 heterocycles. The van der Waals surface area contributed by atoms with Crippen LogP contribution in [0.1, 0.15) is 10.4 Å². The summed E-state index contributed by atoms with van der Waals surface area (Å²) in [7, 11) is -5.77. The number of hydrogen-bond acceptors (Lipinski definition) is 3. The van der Waals surface area contributed by atoms with E-state index >= 15 is 0 Å². The third-order valence-electron chi connectivity index (χ3n) is 3.03. The Labute approximate surface area is 203 Å². The van der Waals surface area contributed by atoms with Crippen LogP contribution in [0, 0.1) is 14.3 Å². The standard InChI is InChI=1S/C11H5F6I4NO4S/c12-10(13,14)9(11(15,16)17,2-27(24,25)26)22-8(23)5-6(20)3(18)1-4(19)7(5)21/h1H,2H2,(H,22,23)(H,24,25,26). The Kier molecular flexibility index (Phi) is 8.41. The first-order valence-corrected chi connectivity index (χ1v) is 12.0. The quantitative estimate of drug-likeness (QED) is 0.201. The Morgan fingerprint density at radius 3 is 1.63 bits per heavy atom. The van der Waals surface area contributed by atoms with Crippen LogP contribution < -0.4 is 5.32 Å². The molecule has 0 aliphatic heterocycles. The van der Waals surface area contributed by atoms with Crippen molar-refractivity contribution in [3.63, 3.8) is 0 Å². The molecule has 0 fully saturated rings. The summed E-state index contributed by atoms with van der Waals surface area (Å²) < 4.78 is 111. The minimum atomic E-state index is -6.26. The van der Waals surface area contributed by atoms with Crippen LogP contribution >= 0.6 is 90.4 Å². The molecule has 0 radical (unpaired) electrons. The molecule has 0 atom stereocenters. The van der Waals surface area contributed by atoms with Crippen LogP contribution in [0.5, 0.6) is 0 Å². The number of amides is 1. The highest BCUT2D eigenvalue weighted by Gasteiger charge is 2.73. The van der Waals surface area contributed by atoms with Crippen molar-refractivity contribution in [2.45, 2.75) is 17.9 Å². The van der Waals surface area contributed by atoms with Gasteiger partial charge in [0.15, 0.2) is 0 Å². The zero-order valence-corrected chi connectivity index (χ0v) is 21.6. The largest absolute Gasteiger partial charge is 0.421 e. The van der Waals surface area contributed by atoms with Gasteiger partial charge in [0.25, 0.3) is 16.0 Å². The predicted octanol–water partition coefficient (Wildman–Crippen LogP) is 4.59. The van der Waals surface area contributed by atoms with Crippen LogP contribution in [0.4, 0.5) is 26.3 Å². The number of carbonyl (C=O) groups excluding carboxylic acids is 1. The van der Waals surface area contributed by atoms with Crippen molar-refractivity contribution < 1.29 is 44.1 Å². The number of nitrogens with one attached hydrogen (secondary N) is 1. The summed E-state index contributed by atoms with van der Waals surface area (Å²) in [6.07, 6.45) is -12.5. The van der Waals surface area contributed by atoms with Gasteiger partial charge >= 0.3 is 12.4 Å². The summed E-state index contributed by atoms with van der Waals surface area (Å²) >= 11 is 6.64. The Morgan fingerprint density at radius 2 is 1.33 bits per heavy atom. The first-order valence-electron chi connectivity index (χ1n) is 6.08. The van der Waals surface area contributed by atoms with E-state index in [1.54, 1.807) is 96.4 Å². The van der Waals surface area contributed by atoms with E-state index < -0.39 is 45.2 Å². The summed E-state index contributed by atoms with van der Waals surface area (Å²) in [4.78, 5) is 12.4. The third kappa shape index (κ3) is 5.83. The van der Waals surface area contributed by atoms with Gasteiger partial charge in [0.2, 0.25) is 5.54 Å². The highest BCUT2D eigenvalue weighted by molar-refractivity contribution is 14.1. The van der Waals surface area contributed by atoms with Crippen LogP contribution in [0.2, 0.25) is 0 Å². The molecule has 0 bridgehead atoms. The normalized spacial score (nSPS) is 13.6. The highest BCUT2D eigenvalue weighted by Crippen LogP contribution is 2.44. The zero-order valence-electron chi connectivity index (χ0n) is 12.1. The van der Waals surface area contributed by atoms with Gasteiger partial charge in [-0.2, -0.15) is 34.8 Å². The topological polar surface area (TPSA) is 83.5 Å². The Bertz CT molecular complexity index is 831. The monoisotopic (exact) mass is 869 g/mol. The van der Waals surface area contributed by atoms with Gasteiger partial charge in [-0.05, 0) is 96.4 Å². The van der Waals surface area contributed by atoms with E-state index in [1.165, 1.54) is 0 Å². The van der Waals surface area contributed by atoms with Gasteiger partial charge in [0.05, 0.1) is 5.56 Å². The van der Waals surface area contributed by atoms with E-state index in [4.69, 9.17) is 4.55 Å². The highest BCUT2D eigenvalue weighted by atomic mass is 127. The lowest BCUT2D eigenvalue weighted by Crippen LogP contribution is -2.70. The van der Waals surface area contributed by atoms with E-state index in [-0.39, 0.29) is 7.14 Å². The molecule has 1 rings (SSSR count). The van der Waals surface area contributed by atoms with E-state index in [0.29, 0.717) is 7.14 Å². The fourth-order valence-corrected chi connectivity index (χ4v) is 6.37. The van der Waals surface area contributed by atoms with Gasteiger partial charge < -0.3 is 5.32 Å². The molecule has 154 valence electrons. The minimum absolute atomic E-state index is 0.0839. The number of alkyl halides is 6. The lowest BCUT2D eigenvalue weighted by molar-refractivity contribution is -0.296. The van der Waals surface area contributed by atoms with E-state index in [2.05, 4.69) is 0 Å². The van der Waals surface area contributed by atoms with Crippen LogP contribution in [0.25, 0.3) is 0 Å². The molecule has 1 aromatic rings. The van der Waals surface area contributed by atoms with Crippen molar-refractivity contribution in [2.24, 2.45) is 0 Å². The molecule has 1 amide bonds. The van der Waals surface area contributed by atoms with Crippen molar-refractivity contribution in [3.05, 3.63) is 25.9 Å². The summed E-state index contributed by atoms with van der Waals surface area (Å²) in [5.41, 5.74) is -5.66. The molecule has 0 saturated heterocycles. The van der Waals surface area contributed by atoms with Crippen LogP contribution in [0.15, 0.2) is 6.07 Å². The van der Waals surface area contributed by atoms with E-state index in [1.807, 2.05) is 0 Å². The van der Waals surface area contributed by atoms with E-state index in [9.17, 15) is 39.6 Å². The minimum Gasteiger partial charge on any atom is -0.329 e. The maximum atomic E-state index is 13.3. The van der Waals surface area contributed by atoms with Crippen molar-refractivity contribution in [1.29, 1.82) is 0 Å². The van der Waals surface area contributed by atoms with Gasteiger partial charge in [-0.25, -0.2) is 0 Å². The van der Waals surface area contributed by atoms with Crippen molar-refractivity contribution in [3.8, 4) is 0 Å². The summed E-state index contributed by atoms with van der Waals surface area (Å²) in [6, 6.07) is 1.56. The zero-order chi connectivity index (χ0) is 21.6. The summed E-state index contributed by atoms with van der Waals surface area (Å²) in [5, 5.41) is 0.775. The molecule has 5 nitrogen and oxygen atoms in total. The van der Waals surface area contributed by atoms with Crippen molar-refractivity contribution >= 4 is 106 Å². The van der Waals surface area contributed by atoms with Crippen molar-refractivity contribution in [2.75, 3.05) is 5.75 Å². The molecule has 16 heteroatoms. The molecule has 2 N–H and O–H groups in total. The SMILES string of the molecule is O=C(NC(CS(=O)(=O)O)(C(F)(F)F)C(F)(F)F)c1c(I)c(I)cc(I)c1I. The second-order valence-electron chi connectivity index (χ2n) is 4.92. The molecule has 0 aromatic heterocycles. The van der Waals surface area contributed by atoms with Gasteiger partial charge in [-0.3, -0.25) is 9.35 Å². The van der Waals surface area contributed by atoms with Crippen LogP contribution in [-0.2, 0) is 10.1 Å². The number of rotatable bonds is 4. The average molecular weight is 869 g/mol. The van der Waals surface area contributed by atoms with Gasteiger partial charge in [0.1, 0.15) is 5.75 Å². The second-order valence-corrected chi connectivity index (χ2v) is 10.9. The van der Waals surface area contributed by atoms with Crippen LogP contribution in [-0.4, -0.2) is 42.5 Å². The molecule has 1 aromatic carbocycles. The molecule has 0 aliphatic carbocycles. The molecule has 0 unspecified atom stereocenters. The number of halogens is 10. The average Bonchev–Trinajstić information content (AvgIpc) is 2.40. The van der Waals surface area contributed by atoms with Crippen molar-refractivity contribution in [1.82, 2.24) is 5.32 Å². The van der Waals surface area contributed by atoms with E-state index in [0.717, 1.165) is 5.32 Å². The Balaban J connectivity index is 3.68. The maximum absolute atomic E-state index is 13.3. The molecule has 0 spiro atoms. The number of hydrogen-bond donors (Lipinski definition) is 2. The molecule has 0 saturated carbocycles. The van der Waals surface area contributed by atoms with Gasteiger partial charge in [-0.1, -0.05) is 0 Å². The van der Waals surface area contributed by atoms with Gasteiger partial charge in [-0.15, -0.1) is 0 Å².